The molecule has 3 heterocycles. The topological polar surface area (TPSA) is 49.5 Å². The summed E-state index contributed by atoms with van der Waals surface area (Å²) in [6.45, 7) is 7.84. The molecule has 35 heavy (non-hydrogen) atoms. The number of phenols is 1. The standard InChI is InChI=1S/C31H34N2O2/c1-3-29(24-11-15-30-26(20-24)19-22(2)35-30)31(23-9-13-28(34)14-10-23)25-8-12-27(32-21-25)7-6-18-33-16-4-5-17-33/h8-15,19-21,34H,3-7,16-18H2,1-2H3. The van der Waals surface area contributed by atoms with E-state index < -0.39 is 0 Å². The number of aromatic hydroxyl groups is 1. The van der Waals surface area contributed by atoms with Crippen molar-refractivity contribution in [2.45, 2.75) is 46.0 Å². The van der Waals surface area contributed by atoms with E-state index in [0.717, 1.165) is 64.9 Å². The number of benzene rings is 2. The Morgan fingerprint density at radius 3 is 2.40 bits per heavy atom. The fraction of sp³-hybridized carbons (Fsp3) is 0.323. The number of aryl methyl sites for hydroxylation is 2. The van der Waals surface area contributed by atoms with E-state index in [2.05, 4.69) is 48.2 Å². The quantitative estimate of drug-likeness (QED) is 0.278. The molecular formula is C31H34N2O2. The van der Waals surface area contributed by atoms with E-state index in [1.165, 1.54) is 37.1 Å². The van der Waals surface area contributed by atoms with E-state index in [4.69, 9.17) is 9.40 Å². The maximum Gasteiger partial charge on any atom is 0.134 e. The third kappa shape index (κ3) is 5.33. The molecule has 0 unspecified atom stereocenters. The zero-order chi connectivity index (χ0) is 24.2. The number of furan rings is 1. The summed E-state index contributed by atoms with van der Waals surface area (Å²) in [5.41, 5.74) is 7.81. The second-order valence-corrected chi connectivity index (χ2v) is 9.55. The van der Waals surface area contributed by atoms with Crippen molar-refractivity contribution in [2.75, 3.05) is 19.6 Å². The highest BCUT2D eigenvalue weighted by atomic mass is 16.3. The van der Waals surface area contributed by atoms with Gasteiger partial charge in [-0.3, -0.25) is 4.98 Å². The third-order valence-electron chi connectivity index (χ3n) is 7.02. The number of rotatable bonds is 8. The van der Waals surface area contributed by atoms with Crippen molar-refractivity contribution in [1.82, 2.24) is 9.88 Å². The Morgan fingerprint density at radius 1 is 0.943 bits per heavy atom. The van der Waals surface area contributed by atoms with Crippen molar-refractivity contribution in [3.05, 3.63) is 95.0 Å². The van der Waals surface area contributed by atoms with Crippen LogP contribution >= 0.6 is 0 Å². The van der Waals surface area contributed by atoms with Gasteiger partial charge in [0.05, 0.1) is 0 Å². The minimum atomic E-state index is 0.271. The highest BCUT2D eigenvalue weighted by molar-refractivity contribution is 5.99. The van der Waals surface area contributed by atoms with E-state index in [1.807, 2.05) is 25.3 Å². The molecule has 4 heteroatoms. The molecule has 1 saturated heterocycles. The predicted molar refractivity (Wildman–Crippen MR) is 143 cm³/mol. The number of aromatic nitrogens is 1. The Labute approximate surface area is 207 Å². The van der Waals surface area contributed by atoms with Crippen LogP contribution in [-0.2, 0) is 6.42 Å². The van der Waals surface area contributed by atoms with Crippen molar-refractivity contribution in [1.29, 1.82) is 0 Å². The average molecular weight is 467 g/mol. The van der Waals surface area contributed by atoms with Gasteiger partial charge in [-0.1, -0.05) is 31.2 Å². The van der Waals surface area contributed by atoms with Crippen LogP contribution in [0.15, 0.2) is 71.3 Å². The number of likely N-dealkylation sites (tertiary alicyclic amines) is 1. The molecule has 0 aliphatic carbocycles. The van der Waals surface area contributed by atoms with Crippen LogP contribution in [0.5, 0.6) is 5.75 Å². The molecule has 0 spiro atoms. The van der Waals surface area contributed by atoms with E-state index in [0.29, 0.717) is 0 Å². The molecule has 1 N–H and O–H groups in total. The zero-order valence-corrected chi connectivity index (χ0v) is 20.8. The Morgan fingerprint density at radius 2 is 1.69 bits per heavy atom. The normalized spacial score (nSPS) is 15.0. The summed E-state index contributed by atoms with van der Waals surface area (Å²) in [4.78, 5) is 7.41. The monoisotopic (exact) mass is 466 g/mol. The molecule has 0 atom stereocenters. The summed E-state index contributed by atoms with van der Waals surface area (Å²) in [5.74, 6) is 1.19. The van der Waals surface area contributed by atoms with Gasteiger partial charge in [0.2, 0.25) is 0 Å². The lowest BCUT2D eigenvalue weighted by Gasteiger charge is -2.17. The minimum absolute atomic E-state index is 0.271. The maximum atomic E-state index is 9.90. The number of nitrogens with zero attached hydrogens (tertiary/aromatic N) is 2. The summed E-state index contributed by atoms with van der Waals surface area (Å²) in [6.07, 6.45) is 7.72. The fourth-order valence-corrected chi connectivity index (χ4v) is 5.24. The smallest absolute Gasteiger partial charge is 0.134 e. The van der Waals surface area contributed by atoms with E-state index in [1.54, 1.807) is 12.1 Å². The van der Waals surface area contributed by atoms with Crippen LogP contribution in [-0.4, -0.2) is 34.6 Å². The van der Waals surface area contributed by atoms with E-state index >= 15 is 0 Å². The van der Waals surface area contributed by atoms with E-state index in [9.17, 15) is 5.11 Å². The molecule has 180 valence electrons. The largest absolute Gasteiger partial charge is 0.508 e. The first-order valence-electron chi connectivity index (χ1n) is 12.8. The molecule has 4 nitrogen and oxygen atoms in total. The summed E-state index contributed by atoms with van der Waals surface area (Å²) >= 11 is 0. The second kappa shape index (κ2) is 10.5. The van der Waals surface area contributed by atoms with Gasteiger partial charge < -0.3 is 14.4 Å². The van der Waals surface area contributed by atoms with Gasteiger partial charge in [-0.05, 0) is 117 Å². The number of allylic oxidation sites excluding steroid dienone is 1. The molecule has 0 saturated carbocycles. The third-order valence-corrected chi connectivity index (χ3v) is 7.02. The Kier molecular flexibility index (Phi) is 7.01. The lowest BCUT2D eigenvalue weighted by atomic mass is 9.88. The highest BCUT2D eigenvalue weighted by Crippen LogP contribution is 2.36. The molecule has 4 aromatic rings. The first-order chi connectivity index (χ1) is 17.1. The van der Waals surface area contributed by atoms with E-state index in [-0.39, 0.29) is 5.75 Å². The molecule has 2 aromatic carbocycles. The molecular weight excluding hydrogens is 432 g/mol. The summed E-state index contributed by atoms with van der Waals surface area (Å²) in [5, 5.41) is 11.0. The second-order valence-electron chi connectivity index (χ2n) is 9.55. The van der Waals surface area contributed by atoms with Gasteiger partial charge in [-0.15, -0.1) is 0 Å². The lowest BCUT2D eigenvalue weighted by molar-refractivity contribution is 0.333. The Bertz CT molecular complexity index is 1310. The van der Waals surface area contributed by atoms with Crippen LogP contribution in [0.2, 0.25) is 0 Å². The van der Waals surface area contributed by atoms with Gasteiger partial charge in [-0.25, -0.2) is 0 Å². The van der Waals surface area contributed by atoms with Crippen molar-refractivity contribution < 1.29 is 9.52 Å². The Hall–Kier alpha value is -3.37. The van der Waals surface area contributed by atoms with Crippen molar-refractivity contribution in [3.8, 4) is 5.75 Å². The van der Waals surface area contributed by atoms with Crippen LogP contribution in [0, 0.1) is 6.92 Å². The molecule has 0 bridgehead atoms. The number of phenolic OH excluding ortho intramolecular Hbond substituents is 1. The van der Waals surface area contributed by atoms with Gasteiger partial charge in [0.25, 0.3) is 0 Å². The number of pyridine rings is 1. The van der Waals surface area contributed by atoms with Crippen molar-refractivity contribution >= 4 is 22.1 Å². The molecule has 2 aromatic heterocycles. The Balaban J connectivity index is 1.49. The maximum absolute atomic E-state index is 9.90. The fourth-order valence-electron chi connectivity index (χ4n) is 5.24. The van der Waals surface area contributed by atoms with Gasteiger partial charge in [-0.2, -0.15) is 0 Å². The predicted octanol–water partition coefficient (Wildman–Crippen LogP) is 7.24. The molecule has 0 amide bonds. The van der Waals surface area contributed by atoms with Crippen LogP contribution in [0.1, 0.15) is 60.8 Å². The molecule has 1 aliphatic heterocycles. The van der Waals surface area contributed by atoms with Crippen LogP contribution < -0.4 is 0 Å². The number of hydrogen-bond acceptors (Lipinski definition) is 4. The summed E-state index contributed by atoms with van der Waals surface area (Å²) < 4.78 is 5.80. The lowest BCUT2D eigenvalue weighted by Crippen LogP contribution is -2.20. The van der Waals surface area contributed by atoms with Crippen LogP contribution in [0.25, 0.3) is 22.1 Å². The van der Waals surface area contributed by atoms with Gasteiger partial charge in [0.1, 0.15) is 17.1 Å². The molecule has 1 fully saturated rings. The van der Waals surface area contributed by atoms with Gasteiger partial charge in [0, 0.05) is 22.8 Å². The highest BCUT2D eigenvalue weighted by Gasteiger charge is 2.15. The number of fused-ring (bicyclic) bond motifs is 1. The average Bonchev–Trinajstić information content (AvgIpc) is 3.52. The first-order valence-corrected chi connectivity index (χ1v) is 12.8. The minimum Gasteiger partial charge on any atom is -0.508 e. The van der Waals surface area contributed by atoms with Crippen molar-refractivity contribution in [3.63, 3.8) is 0 Å². The zero-order valence-electron chi connectivity index (χ0n) is 20.8. The van der Waals surface area contributed by atoms with Crippen molar-refractivity contribution in [2.24, 2.45) is 0 Å². The van der Waals surface area contributed by atoms with Crippen LogP contribution in [0.3, 0.4) is 0 Å². The van der Waals surface area contributed by atoms with Crippen LogP contribution in [0.4, 0.5) is 0 Å². The molecule has 5 rings (SSSR count). The SMILES string of the molecule is CCC(=C(c1ccc(O)cc1)c1ccc(CCCN2CCCC2)nc1)c1ccc2oc(C)cc2c1. The first kappa shape index (κ1) is 23.4. The number of hydrogen-bond donors (Lipinski definition) is 1. The molecule has 1 aliphatic rings. The van der Waals surface area contributed by atoms with Gasteiger partial charge >= 0.3 is 0 Å². The summed E-state index contributed by atoms with van der Waals surface area (Å²) in [6, 6.07) is 20.4. The van der Waals surface area contributed by atoms with Gasteiger partial charge in [0.15, 0.2) is 0 Å². The molecule has 0 radical (unpaired) electrons. The summed E-state index contributed by atoms with van der Waals surface area (Å²) in [7, 11) is 0.